The van der Waals surface area contributed by atoms with Gasteiger partial charge in [-0.05, 0) is 37.8 Å². The lowest BCUT2D eigenvalue weighted by Crippen LogP contribution is -2.29. The van der Waals surface area contributed by atoms with Crippen LogP contribution in [0.4, 0.5) is 0 Å². The van der Waals surface area contributed by atoms with Crippen LogP contribution < -0.4 is 0 Å². The van der Waals surface area contributed by atoms with Crippen molar-refractivity contribution in [3.8, 4) is 0 Å². The van der Waals surface area contributed by atoms with E-state index >= 15 is 0 Å². The summed E-state index contributed by atoms with van der Waals surface area (Å²) in [5.74, 6) is 0.325. The second kappa shape index (κ2) is 4.30. The van der Waals surface area contributed by atoms with Gasteiger partial charge in [-0.3, -0.25) is 4.79 Å². The number of ketones is 1. The molecule has 1 saturated carbocycles. The van der Waals surface area contributed by atoms with Crippen LogP contribution >= 0.6 is 9.24 Å². The van der Waals surface area contributed by atoms with E-state index in [0.29, 0.717) is 5.78 Å². The zero-order valence-electron chi connectivity index (χ0n) is 10.0. The first-order valence-electron chi connectivity index (χ1n) is 5.94. The van der Waals surface area contributed by atoms with E-state index in [9.17, 15) is 4.79 Å². The third-order valence-electron chi connectivity index (χ3n) is 3.66. The van der Waals surface area contributed by atoms with Crippen LogP contribution in [-0.4, -0.2) is 10.9 Å². The van der Waals surface area contributed by atoms with Gasteiger partial charge in [0, 0.05) is 10.7 Å². The Balaban J connectivity index is 2.41. The molecule has 0 saturated heterocycles. The van der Waals surface area contributed by atoms with Crippen molar-refractivity contribution in [3.63, 3.8) is 0 Å². The summed E-state index contributed by atoms with van der Waals surface area (Å²) in [4.78, 5) is 12.6. The topological polar surface area (TPSA) is 17.1 Å². The van der Waals surface area contributed by atoms with Crippen LogP contribution in [0.5, 0.6) is 0 Å². The molecule has 0 bridgehead atoms. The Morgan fingerprint density at radius 1 is 1.19 bits per heavy atom. The summed E-state index contributed by atoms with van der Waals surface area (Å²) >= 11 is 0. The highest BCUT2D eigenvalue weighted by Gasteiger charge is 2.37. The van der Waals surface area contributed by atoms with Crippen LogP contribution in [0.2, 0.25) is 0 Å². The third kappa shape index (κ3) is 1.94. The molecule has 1 atom stereocenters. The van der Waals surface area contributed by atoms with Gasteiger partial charge in [-0.25, -0.2) is 0 Å². The molecule has 2 heteroatoms. The molecule has 2 rings (SSSR count). The van der Waals surface area contributed by atoms with Crippen molar-refractivity contribution in [2.45, 2.75) is 44.7 Å². The van der Waals surface area contributed by atoms with Gasteiger partial charge in [0.1, 0.15) is 0 Å². The van der Waals surface area contributed by atoms with Crippen molar-refractivity contribution >= 4 is 15.0 Å². The average molecular weight is 234 g/mol. The van der Waals surface area contributed by atoms with Gasteiger partial charge in [-0.1, -0.05) is 31.0 Å². The summed E-state index contributed by atoms with van der Waals surface area (Å²) in [6.45, 7) is 4.06. The molecule has 1 aliphatic rings. The van der Waals surface area contributed by atoms with Gasteiger partial charge in [0.2, 0.25) is 0 Å². The van der Waals surface area contributed by atoms with E-state index in [1.165, 1.54) is 12.8 Å². The Bertz CT molecular complexity index is 396. The van der Waals surface area contributed by atoms with Crippen LogP contribution in [0.1, 0.15) is 47.2 Å². The molecule has 1 unspecified atom stereocenters. The van der Waals surface area contributed by atoms with Crippen LogP contribution in [0.3, 0.4) is 0 Å². The molecule has 0 radical (unpaired) electrons. The van der Waals surface area contributed by atoms with Crippen molar-refractivity contribution < 1.29 is 4.79 Å². The van der Waals surface area contributed by atoms with Crippen molar-refractivity contribution in [2.75, 3.05) is 0 Å². The lowest BCUT2D eigenvalue weighted by molar-refractivity contribution is 0.0943. The van der Waals surface area contributed by atoms with Gasteiger partial charge < -0.3 is 0 Å². The molecule has 1 aromatic carbocycles. The lowest BCUT2D eigenvalue weighted by atomic mass is 9.89. The number of Topliss-reactive ketones (excluding diaryl/α,β-unsaturated/α-hetero) is 1. The SMILES string of the molecule is Cc1cccc(C)c1C(=O)C1(P)CCCC1. The number of hydrogen-bond acceptors (Lipinski definition) is 1. The van der Waals surface area contributed by atoms with Crippen molar-refractivity contribution in [2.24, 2.45) is 0 Å². The number of carbonyl (C=O) groups is 1. The maximum Gasteiger partial charge on any atom is 0.173 e. The van der Waals surface area contributed by atoms with Gasteiger partial charge in [0.25, 0.3) is 0 Å². The monoisotopic (exact) mass is 234 g/mol. The van der Waals surface area contributed by atoms with Crippen molar-refractivity contribution in [3.05, 3.63) is 34.9 Å². The Morgan fingerprint density at radius 2 is 1.69 bits per heavy atom. The molecule has 0 heterocycles. The number of carbonyl (C=O) groups excluding carboxylic acids is 1. The number of benzene rings is 1. The Hall–Kier alpha value is -0.680. The largest absolute Gasteiger partial charge is 0.293 e. The predicted octanol–water partition coefficient (Wildman–Crippen LogP) is 3.67. The molecule has 1 aromatic rings. The van der Waals surface area contributed by atoms with Crippen LogP contribution in [0, 0.1) is 13.8 Å². The Morgan fingerprint density at radius 3 is 2.19 bits per heavy atom. The molecule has 0 amide bonds. The first-order valence-corrected chi connectivity index (χ1v) is 6.52. The summed E-state index contributed by atoms with van der Waals surface area (Å²) in [6.07, 6.45) is 4.40. The minimum atomic E-state index is -0.184. The molecule has 86 valence electrons. The van der Waals surface area contributed by atoms with Crippen LogP contribution in [-0.2, 0) is 0 Å². The molecular formula is C14H19OP. The van der Waals surface area contributed by atoms with E-state index in [0.717, 1.165) is 29.5 Å². The number of hydrogen-bond donors (Lipinski definition) is 0. The fourth-order valence-electron chi connectivity index (χ4n) is 2.65. The molecule has 1 nitrogen and oxygen atoms in total. The standard InChI is InChI=1S/C14H19OP/c1-10-6-5-7-11(2)12(10)13(15)14(16)8-3-4-9-14/h5-7H,3-4,8-9,16H2,1-2H3. The fourth-order valence-corrected chi connectivity index (χ4v) is 3.21. The Labute approximate surface area is 99.8 Å². The van der Waals surface area contributed by atoms with Gasteiger partial charge in [0.15, 0.2) is 5.78 Å². The highest BCUT2D eigenvalue weighted by Crippen LogP contribution is 2.41. The normalized spacial score (nSPS) is 18.7. The minimum absolute atomic E-state index is 0.184. The average Bonchev–Trinajstić information content (AvgIpc) is 2.66. The van der Waals surface area contributed by atoms with Gasteiger partial charge in [-0.2, -0.15) is 0 Å². The predicted molar refractivity (Wildman–Crippen MR) is 71.2 cm³/mol. The second-order valence-corrected chi connectivity index (χ2v) is 6.06. The van der Waals surface area contributed by atoms with Crippen LogP contribution in [0.15, 0.2) is 18.2 Å². The maximum atomic E-state index is 12.6. The first kappa shape index (κ1) is 11.8. The summed E-state index contributed by atoms with van der Waals surface area (Å²) in [6, 6.07) is 6.08. The molecule has 1 fully saturated rings. The Kier molecular flexibility index (Phi) is 3.17. The van der Waals surface area contributed by atoms with E-state index < -0.39 is 0 Å². The quantitative estimate of drug-likeness (QED) is 0.563. The molecular weight excluding hydrogens is 215 g/mol. The second-order valence-electron chi connectivity index (χ2n) is 4.96. The summed E-state index contributed by atoms with van der Waals surface area (Å²) in [7, 11) is 2.81. The van der Waals surface area contributed by atoms with E-state index in [1.54, 1.807) is 0 Å². The van der Waals surface area contributed by atoms with Crippen molar-refractivity contribution in [1.82, 2.24) is 0 Å². The summed E-state index contributed by atoms with van der Waals surface area (Å²) < 4.78 is 0. The fraction of sp³-hybridized carbons (Fsp3) is 0.500. The van der Waals surface area contributed by atoms with E-state index in [4.69, 9.17) is 0 Å². The molecule has 0 N–H and O–H groups in total. The summed E-state index contributed by atoms with van der Waals surface area (Å²) in [5, 5.41) is -0.184. The molecule has 1 aliphatic carbocycles. The molecule has 0 aliphatic heterocycles. The minimum Gasteiger partial charge on any atom is -0.293 e. The van der Waals surface area contributed by atoms with Crippen LogP contribution in [0.25, 0.3) is 0 Å². The summed E-state index contributed by atoms with van der Waals surface area (Å²) in [5.41, 5.74) is 3.16. The smallest absolute Gasteiger partial charge is 0.173 e. The van der Waals surface area contributed by atoms with Gasteiger partial charge >= 0.3 is 0 Å². The first-order chi connectivity index (χ1) is 7.54. The zero-order chi connectivity index (χ0) is 11.8. The van der Waals surface area contributed by atoms with E-state index in [-0.39, 0.29) is 5.16 Å². The van der Waals surface area contributed by atoms with Gasteiger partial charge in [-0.15, -0.1) is 9.24 Å². The maximum absolute atomic E-state index is 12.6. The highest BCUT2D eigenvalue weighted by atomic mass is 31.0. The molecule has 0 aromatic heterocycles. The van der Waals surface area contributed by atoms with E-state index in [2.05, 4.69) is 9.24 Å². The number of rotatable bonds is 2. The lowest BCUT2D eigenvalue weighted by Gasteiger charge is -2.23. The molecule has 16 heavy (non-hydrogen) atoms. The number of aryl methyl sites for hydroxylation is 2. The molecule has 0 spiro atoms. The van der Waals surface area contributed by atoms with Crippen molar-refractivity contribution in [1.29, 1.82) is 0 Å². The van der Waals surface area contributed by atoms with Gasteiger partial charge in [0.05, 0.1) is 0 Å². The van der Waals surface area contributed by atoms with E-state index in [1.807, 2.05) is 32.0 Å². The highest BCUT2D eigenvalue weighted by molar-refractivity contribution is 7.21. The third-order valence-corrected chi connectivity index (χ3v) is 4.50. The zero-order valence-corrected chi connectivity index (χ0v) is 11.2.